The number of anilines is 1. The monoisotopic (exact) mass is 494 g/mol. The van der Waals surface area contributed by atoms with E-state index in [0.717, 1.165) is 16.0 Å². The highest BCUT2D eigenvalue weighted by Crippen LogP contribution is 2.30. The molecule has 0 saturated heterocycles. The molecule has 2 aromatic heterocycles. The van der Waals surface area contributed by atoms with Crippen LogP contribution >= 0.6 is 34.7 Å². The Morgan fingerprint density at radius 3 is 2.55 bits per heavy atom. The summed E-state index contributed by atoms with van der Waals surface area (Å²) in [6.07, 6.45) is 0.322. The van der Waals surface area contributed by atoms with E-state index in [1.165, 1.54) is 27.7 Å². The highest BCUT2D eigenvalue weighted by Gasteiger charge is 2.19. The first-order valence-corrected chi connectivity index (χ1v) is 12.2. The van der Waals surface area contributed by atoms with Gasteiger partial charge in [0.05, 0.1) is 29.3 Å². The summed E-state index contributed by atoms with van der Waals surface area (Å²) >= 11 is 8.71. The Hall–Kier alpha value is -3.12. The first-order valence-electron chi connectivity index (χ1n) is 10.0. The van der Waals surface area contributed by atoms with E-state index < -0.39 is 0 Å². The van der Waals surface area contributed by atoms with Gasteiger partial charge in [0.25, 0.3) is 5.56 Å². The number of thioether (sulfide) groups is 1. The largest absolute Gasteiger partial charge is 0.325 e. The minimum absolute atomic E-state index is 0.0782. The Kier molecular flexibility index (Phi) is 6.84. The maximum absolute atomic E-state index is 13.4. The van der Waals surface area contributed by atoms with E-state index in [1.807, 2.05) is 13.8 Å². The van der Waals surface area contributed by atoms with Crippen molar-refractivity contribution in [1.29, 1.82) is 5.26 Å². The lowest BCUT2D eigenvalue weighted by Crippen LogP contribution is -2.22. The number of carbonyl (C=O) groups is 1. The van der Waals surface area contributed by atoms with Crippen molar-refractivity contribution in [3.8, 4) is 11.8 Å². The molecule has 0 unspecified atom stereocenters. The molecule has 0 aliphatic rings. The van der Waals surface area contributed by atoms with Crippen molar-refractivity contribution >= 4 is 56.5 Å². The molecule has 0 fully saturated rings. The number of halogens is 1. The summed E-state index contributed by atoms with van der Waals surface area (Å²) in [5, 5.41) is 13.2. The number of aromatic nitrogens is 2. The molecule has 33 heavy (non-hydrogen) atoms. The van der Waals surface area contributed by atoms with E-state index in [4.69, 9.17) is 21.8 Å². The van der Waals surface area contributed by atoms with Crippen molar-refractivity contribution in [2.75, 3.05) is 11.1 Å². The number of hydrogen-bond donors (Lipinski definition) is 1. The molecule has 6 nitrogen and oxygen atoms in total. The second-order valence-electron chi connectivity index (χ2n) is 7.34. The molecular formula is C24H19ClN4O2S2. The number of nitrogens with zero attached hydrogens (tertiary/aromatic N) is 3. The normalized spacial score (nSPS) is 10.8. The Bertz CT molecular complexity index is 1440. The molecule has 0 aliphatic heterocycles. The van der Waals surface area contributed by atoms with Crippen LogP contribution in [0.15, 0.2) is 58.5 Å². The van der Waals surface area contributed by atoms with Gasteiger partial charge >= 0.3 is 0 Å². The summed E-state index contributed by atoms with van der Waals surface area (Å²) in [5.74, 6) is -0.141. The molecule has 4 aromatic rings. The number of aryl methyl sites for hydroxylation is 2. The molecule has 0 radical (unpaired) electrons. The first kappa shape index (κ1) is 23.1. The van der Waals surface area contributed by atoms with Gasteiger partial charge in [-0.15, -0.1) is 11.3 Å². The molecule has 0 saturated carbocycles. The summed E-state index contributed by atoms with van der Waals surface area (Å²) in [4.78, 5) is 32.5. The van der Waals surface area contributed by atoms with Crippen molar-refractivity contribution in [2.24, 2.45) is 0 Å². The number of nitriles is 1. The van der Waals surface area contributed by atoms with Gasteiger partial charge in [-0.05, 0) is 61.4 Å². The third-order valence-electron chi connectivity index (χ3n) is 5.11. The van der Waals surface area contributed by atoms with Gasteiger partial charge in [0.15, 0.2) is 5.16 Å². The predicted molar refractivity (Wildman–Crippen MR) is 135 cm³/mol. The lowest BCUT2D eigenvalue weighted by molar-refractivity contribution is -0.113. The lowest BCUT2D eigenvalue weighted by atomic mass is 10.1. The van der Waals surface area contributed by atoms with E-state index in [1.54, 1.807) is 48.5 Å². The van der Waals surface area contributed by atoms with Crippen LogP contribution in [-0.2, 0) is 11.2 Å². The summed E-state index contributed by atoms with van der Waals surface area (Å²) in [6.45, 7) is 3.89. The van der Waals surface area contributed by atoms with Crippen LogP contribution in [-0.4, -0.2) is 21.2 Å². The average molecular weight is 495 g/mol. The third kappa shape index (κ3) is 4.96. The molecule has 2 heterocycles. The van der Waals surface area contributed by atoms with Crippen LogP contribution in [0.25, 0.3) is 15.9 Å². The first-order chi connectivity index (χ1) is 15.9. The zero-order valence-electron chi connectivity index (χ0n) is 17.9. The van der Waals surface area contributed by atoms with Gasteiger partial charge in [0, 0.05) is 15.6 Å². The van der Waals surface area contributed by atoms with Crippen LogP contribution in [0.3, 0.4) is 0 Å². The fourth-order valence-corrected chi connectivity index (χ4v) is 5.32. The molecule has 1 N–H and O–H groups in total. The van der Waals surface area contributed by atoms with Crippen LogP contribution in [0.5, 0.6) is 0 Å². The topological polar surface area (TPSA) is 87.8 Å². The molecule has 0 spiro atoms. The maximum atomic E-state index is 13.4. The minimum Gasteiger partial charge on any atom is -0.325 e. The summed E-state index contributed by atoms with van der Waals surface area (Å²) in [7, 11) is 0. The molecule has 166 valence electrons. The predicted octanol–water partition coefficient (Wildman–Crippen LogP) is 5.51. The summed E-state index contributed by atoms with van der Waals surface area (Å²) in [5.41, 5.74) is 2.92. The fraction of sp³-hybridized carbons (Fsp3) is 0.167. The second kappa shape index (κ2) is 9.79. The third-order valence-corrected chi connectivity index (χ3v) is 7.40. The quantitative estimate of drug-likeness (QED) is 0.282. The number of thiophene rings is 1. The van der Waals surface area contributed by atoms with Crippen LogP contribution in [0.1, 0.15) is 16.0 Å². The van der Waals surface area contributed by atoms with Crippen LogP contribution < -0.4 is 10.9 Å². The molecule has 2 aromatic carbocycles. The van der Waals surface area contributed by atoms with Gasteiger partial charge < -0.3 is 5.32 Å². The number of amides is 1. The van der Waals surface area contributed by atoms with Crippen molar-refractivity contribution in [3.05, 3.63) is 79.9 Å². The lowest BCUT2D eigenvalue weighted by Gasteiger charge is -2.12. The van der Waals surface area contributed by atoms with E-state index >= 15 is 0 Å². The second-order valence-corrected chi connectivity index (χ2v) is 9.93. The minimum atomic E-state index is -0.219. The van der Waals surface area contributed by atoms with Gasteiger partial charge in [0.1, 0.15) is 4.83 Å². The van der Waals surface area contributed by atoms with Crippen molar-refractivity contribution in [1.82, 2.24) is 9.55 Å². The number of rotatable bonds is 6. The Balaban J connectivity index is 1.63. The molecule has 0 aliphatic carbocycles. The Labute approximate surface area is 203 Å². The molecular weight excluding hydrogens is 476 g/mol. The maximum Gasteiger partial charge on any atom is 0.267 e. The fourth-order valence-electron chi connectivity index (χ4n) is 3.31. The Morgan fingerprint density at radius 1 is 1.18 bits per heavy atom. The smallest absolute Gasteiger partial charge is 0.267 e. The number of carbonyl (C=O) groups excluding carboxylic acids is 1. The van der Waals surface area contributed by atoms with E-state index in [9.17, 15) is 9.59 Å². The number of hydrogen-bond acceptors (Lipinski definition) is 6. The van der Waals surface area contributed by atoms with Gasteiger partial charge in [-0.1, -0.05) is 35.5 Å². The Morgan fingerprint density at radius 2 is 1.88 bits per heavy atom. The number of nitrogens with one attached hydrogen (secondary N) is 1. The molecule has 9 heteroatoms. The summed E-state index contributed by atoms with van der Waals surface area (Å²) in [6, 6.07) is 16.2. The van der Waals surface area contributed by atoms with E-state index in [-0.39, 0.29) is 17.2 Å². The highest BCUT2D eigenvalue weighted by atomic mass is 35.5. The highest BCUT2D eigenvalue weighted by molar-refractivity contribution is 7.99. The number of benzene rings is 2. The molecule has 0 bridgehead atoms. The molecule has 4 rings (SSSR count). The van der Waals surface area contributed by atoms with Crippen LogP contribution in [0.4, 0.5) is 5.69 Å². The standard InChI is InChI=1S/C24H19ClN4O2S2/c1-14-15(2)33-22-21(14)23(31)29(19-9-5-17(25)6-10-19)24(28-22)32-13-20(30)27-18-7-3-16(4-8-18)11-12-26/h3-10H,11,13H2,1-2H3,(H,27,30). The van der Waals surface area contributed by atoms with Crippen molar-refractivity contribution in [2.45, 2.75) is 25.4 Å². The van der Waals surface area contributed by atoms with Gasteiger partial charge in [-0.25, -0.2) is 4.98 Å². The van der Waals surface area contributed by atoms with E-state index in [2.05, 4.69) is 11.4 Å². The van der Waals surface area contributed by atoms with Crippen LogP contribution in [0, 0.1) is 25.2 Å². The average Bonchev–Trinajstić information content (AvgIpc) is 3.08. The van der Waals surface area contributed by atoms with Gasteiger partial charge in [0.2, 0.25) is 5.91 Å². The molecule has 1 amide bonds. The molecule has 0 atom stereocenters. The summed E-state index contributed by atoms with van der Waals surface area (Å²) < 4.78 is 1.53. The zero-order chi connectivity index (χ0) is 23.5. The van der Waals surface area contributed by atoms with Crippen molar-refractivity contribution < 1.29 is 4.79 Å². The van der Waals surface area contributed by atoms with Crippen LogP contribution in [0.2, 0.25) is 5.02 Å². The SMILES string of the molecule is Cc1sc2nc(SCC(=O)Nc3ccc(CC#N)cc3)n(-c3ccc(Cl)cc3)c(=O)c2c1C. The number of fused-ring (bicyclic) bond motifs is 1. The zero-order valence-corrected chi connectivity index (χ0v) is 20.3. The van der Waals surface area contributed by atoms with Gasteiger partial charge in [-0.3, -0.25) is 14.2 Å². The van der Waals surface area contributed by atoms with Gasteiger partial charge in [-0.2, -0.15) is 5.26 Å². The van der Waals surface area contributed by atoms with E-state index in [0.29, 0.717) is 38.2 Å². The van der Waals surface area contributed by atoms with Crippen molar-refractivity contribution in [3.63, 3.8) is 0 Å².